The smallest absolute Gasteiger partial charge is 0.339 e. The van der Waals surface area contributed by atoms with Gasteiger partial charge in [-0.05, 0) is 67.1 Å². The number of aryl methyl sites for hydroxylation is 1. The van der Waals surface area contributed by atoms with Crippen LogP contribution < -0.4 is 14.2 Å². The highest BCUT2D eigenvalue weighted by Gasteiger charge is 2.19. The van der Waals surface area contributed by atoms with E-state index in [2.05, 4.69) is 21.2 Å². The standard InChI is InChI=1S/C24H19BrN2O5S/c1-16-3-10-21(11-4-16)33(29,30)32-22-12-5-17(14-23(22)31-2)13-18(15-26)24(28)27-20-8-6-19(25)7-9-20/h3-14H,1-2H3,(H,27,28). The number of rotatable bonds is 7. The fourth-order valence-corrected chi connectivity index (χ4v) is 3.97. The maximum Gasteiger partial charge on any atom is 0.339 e. The lowest BCUT2D eigenvalue weighted by Crippen LogP contribution is -2.13. The number of carbonyl (C=O) groups is 1. The Morgan fingerprint density at radius 2 is 1.70 bits per heavy atom. The van der Waals surface area contributed by atoms with Crippen molar-refractivity contribution in [3.05, 3.63) is 87.9 Å². The average molecular weight is 527 g/mol. The van der Waals surface area contributed by atoms with Gasteiger partial charge in [0, 0.05) is 10.2 Å². The van der Waals surface area contributed by atoms with Crippen LogP contribution in [0.2, 0.25) is 0 Å². The van der Waals surface area contributed by atoms with Crippen LogP contribution in [-0.4, -0.2) is 21.4 Å². The summed E-state index contributed by atoms with van der Waals surface area (Å²) in [6.45, 7) is 1.85. The van der Waals surface area contributed by atoms with Crippen molar-refractivity contribution in [3.8, 4) is 17.6 Å². The summed E-state index contributed by atoms with van der Waals surface area (Å²) in [6, 6.07) is 19.4. The van der Waals surface area contributed by atoms with Crippen LogP contribution in [0, 0.1) is 18.3 Å². The van der Waals surface area contributed by atoms with Gasteiger partial charge in [-0.3, -0.25) is 4.79 Å². The Hall–Kier alpha value is -3.61. The fourth-order valence-electron chi connectivity index (χ4n) is 2.76. The zero-order valence-corrected chi connectivity index (χ0v) is 20.1. The summed E-state index contributed by atoms with van der Waals surface area (Å²) in [5, 5.41) is 12.1. The van der Waals surface area contributed by atoms with Crippen LogP contribution in [-0.2, 0) is 14.9 Å². The number of carbonyl (C=O) groups excluding carboxylic acids is 1. The zero-order valence-electron chi connectivity index (χ0n) is 17.7. The van der Waals surface area contributed by atoms with Gasteiger partial charge in [-0.1, -0.05) is 39.7 Å². The van der Waals surface area contributed by atoms with E-state index in [-0.39, 0.29) is 22.0 Å². The van der Waals surface area contributed by atoms with Gasteiger partial charge in [0.05, 0.1) is 7.11 Å². The first kappa shape index (κ1) is 24.0. The summed E-state index contributed by atoms with van der Waals surface area (Å²) in [6.07, 6.45) is 1.37. The van der Waals surface area contributed by atoms with E-state index in [1.54, 1.807) is 36.4 Å². The van der Waals surface area contributed by atoms with Crippen LogP contribution in [0.3, 0.4) is 0 Å². The molecule has 0 saturated heterocycles. The molecule has 0 aliphatic carbocycles. The van der Waals surface area contributed by atoms with Crippen molar-refractivity contribution in [2.45, 2.75) is 11.8 Å². The zero-order chi connectivity index (χ0) is 24.0. The Morgan fingerprint density at radius 3 is 2.30 bits per heavy atom. The maximum absolute atomic E-state index is 12.6. The highest BCUT2D eigenvalue weighted by molar-refractivity contribution is 9.10. The van der Waals surface area contributed by atoms with E-state index in [1.165, 1.54) is 43.5 Å². The molecular weight excluding hydrogens is 508 g/mol. The lowest BCUT2D eigenvalue weighted by atomic mass is 10.1. The van der Waals surface area contributed by atoms with Crippen LogP contribution in [0.4, 0.5) is 5.69 Å². The summed E-state index contributed by atoms with van der Waals surface area (Å²) in [5.74, 6) is -0.473. The monoisotopic (exact) mass is 526 g/mol. The molecule has 3 aromatic rings. The summed E-state index contributed by atoms with van der Waals surface area (Å²) >= 11 is 3.32. The average Bonchev–Trinajstić information content (AvgIpc) is 2.79. The summed E-state index contributed by atoms with van der Waals surface area (Å²) in [7, 11) is -2.71. The van der Waals surface area contributed by atoms with E-state index in [4.69, 9.17) is 8.92 Å². The second-order valence-electron chi connectivity index (χ2n) is 6.89. The summed E-state index contributed by atoms with van der Waals surface area (Å²) in [4.78, 5) is 12.5. The molecule has 0 aliphatic heterocycles. The summed E-state index contributed by atoms with van der Waals surface area (Å²) < 4.78 is 36.5. The van der Waals surface area contributed by atoms with Crippen LogP contribution in [0.1, 0.15) is 11.1 Å². The second-order valence-corrected chi connectivity index (χ2v) is 9.35. The van der Waals surface area contributed by atoms with E-state index < -0.39 is 16.0 Å². The minimum absolute atomic E-state index is 0.00973. The van der Waals surface area contributed by atoms with Gasteiger partial charge in [-0.2, -0.15) is 13.7 Å². The lowest BCUT2D eigenvalue weighted by molar-refractivity contribution is -0.112. The first-order chi connectivity index (χ1) is 15.7. The van der Waals surface area contributed by atoms with Crippen LogP contribution in [0.25, 0.3) is 6.08 Å². The van der Waals surface area contributed by atoms with Crippen molar-refractivity contribution in [1.29, 1.82) is 5.26 Å². The molecule has 1 N–H and O–H groups in total. The summed E-state index contributed by atoms with van der Waals surface area (Å²) in [5.41, 5.74) is 1.77. The Labute approximate surface area is 200 Å². The Morgan fingerprint density at radius 1 is 1.03 bits per heavy atom. The Kier molecular flexibility index (Phi) is 7.53. The van der Waals surface area contributed by atoms with Gasteiger partial charge in [-0.15, -0.1) is 0 Å². The molecule has 3 rings (SSSR count). The molecular formula is C24H19BrN2O5S. The van der Waals surface area contributed by atoms with Crippen molar-refractivity contribution in [2.75, 3.05) is 12.4 Å². The van der Waals surface area contributed by atoms with Crippen molar-refractivity contribution in [3.63, 3.8) is 0 Å². The van der Waals surface area contributed by atoms with Crippen LogP contribution >= 0.6 is 15.9 Å². The molecule has 0 bridgehead atoms. The molecule has 168 valence electrons. The van der Waals surface area contributed by atoms with Crippen LogP contribution in [0.15, 0.2) is 81.7 Å². The number of nitrogens with one attached hydrogen (secondary N) is 1. The largest absolute Gasteiger partial charge is 0.493 e. The molecule has 0 aromatic heterocycles. The number of halogens is 1. The number of hydrogen-bond acceptors (Lipinski definition) is 6. The molecule has 0 unspecified atom stereocenters. The van der Waals surface area contributed by atoms with Crippen molar-refractivity contribution in [2.24, 2.45) is 0 Å². The third-order valence-corrected chi connectivity index (χ3v) is 6.25. The van der Waals surface area contributed by atoms with Gasteiger partial charge in [-0.25, -0.2) is 0 Å². The Balaban J connectivity index is 1.83. The highest BCUT2D eigenvalue weighted by atomic mass is 79.9. The molecule has 0 radical (unpaired) electrons. The fraction of sp³-hybridized carbons (Fsp3) is 0.0833. The quantitative estimate of drug-likeness (QED) is 0.261. The minimum atomic E-state index is -4.07. The second kappa shape index (κ2) is 10.3. The predicted molar refractivity (Wildman–Crippen MR) is 128 cm³/mol. The minimum Gasteiger partial charge on any atom is -0.493 e. The molecule has 0 aliphatic rings. The van der Waals surface area contributed by atoms with Gasteiger partial charge >= 0.3 is 10.1 Å². The number of anilines is 1. The van der Waals surface area contributed by atoms with E-state index in [1.807, 2.05) is 13.0 Å². The third kappa shape index (κ3) is 6.22. The molecule has 0 saturated carbocycles. The van der Waals surface area contributed by atoms with Gasteiger partial charge in [0.2, 0.25) is 0 Å². The SMILES string of the molecule is COc1cc(C=C(C#N)C(=O)Nc2ccc(Br)cc2)ccc1OS(=O)(=O)c1ccc(C)cc1. The molecule has 0 heterocycles. The first-order valence-electron chi connectivity index (χ1n) is 9.60. The molecule has 0 spiro atoms. The number of hydrogen-bond donors (Lipinski definition) is 1. The third-order valence-electron chi connectivity index (χ3n) is 4.48. The number of nitriles is 1. The number of ether oxygens (including phenoxy) is 1. The number of methoxy groups -OCH3 is 1. The number of nitrogens with zero attached hydrogens (tertiary/aromatic N) is 1. The molecule has 7 nitrogen and oxygen atoms in total. The highest BCUT2D eigenvalue weighted by Crippen LogP contribution is 2.31. The predicted octanol–water partition coefficient (Wildman–Crippen LogP) is 5.08. The van der Waals surface area contributed by atoms with Gasteiger partial charge < -0.3 is 14.2 Å². The molecule has 0 fully saturated rings. The maximum atomic E-state index is 12.6. The van der Waals surface area contributed by atoms with Crippen molar-refractivity contribution < 1.29 is 22.1 Å². The van der Waals surface area contributed by atoms with Gasteiger partial charge in [0.15, 0.2) is 11.5 Å². The van der Waals surface area contributed by atoms with E-state index in [0.717, 1.165) is 10.0 Å². The topological polar surface area (TPSA) is 105 Å². The molecule has 0 atom stereocenters. The van der Waals surface area contributed by atoms with Crippen molar-refractivity contribution >= 4 is 43.7 Å². The molecule has 33 heavy (non-hydrogen) atoms. The van der Waals surface area contributed by atoms with Crippen molar-refractivity contribution in [1.82, 2.24) is 0 Å². The van der Waals surface area contributed by atoms with Gasteiger partial charge in [0.25, 0.3) is 5.91 Å². The van der Waals surface area contributed by atoms with Gasteiger partial charge in [0.1, 0.15) is 16.5 Å². The molecule has 1 amide bonds. The number of benzene rings is 3. The lowest BCUT2D eigenvalue weighted by Gasteiger charge is -2.12. The molecule has 3 aromatic carbocycles. The number of amides is 1. The van der Waals surface area contributed by atoms with Crippen LogP contribution in [0.5, 0.6) is 11.5 Å². The molecule has 9 heteroatoms. The Bertz CT molecular complexity index is 1340. The van der Waals surface area contributed by atoms with E-state index in [9.17, 15) is 18.5 Å². The normalized spacial score (nSPS) is 11.4. The van der Waals surface area contributed by atoms with E-state index >= 15 is 0 Å². The first-order valence-corrected chi connectivity index (χ1v) is 11.8. The van der Waals surface area contributed by atoms with E-state index in [0.29, 0.717) is 11.3 Å².